The molecular formula is C17H16N4S. The van der Waals surface area contributed by atoms with E-state index in [-0.39, 0.29) is 0 Å². The predicted octanol–water partition coefficient (Wildman–Crippen LogP) is 5.58. The smallest absolute Gasteiger partial charge is 0.185 e. The minimum absolute atomic E-state index is 0.802. The lowest BCUT2D eigenvalue weighted by Crippen LogP contribution is -1.85. The molecule has 0 saturated heterocycles. The van der Waals surface area contributed by atoms with Gasteiger partial charge in [0.2, 0.25) is 0 Å². The van der Waals surface area contributed by atoms with E-state index < -0.39 is 0 Å². The van der Waals surface area contributed by atoms with Crippen LogP contribution in [0.4, 0.5) is 15.8 Å². The molecule has 5 heteroatoms. The number of benzene rings is 2. The maximum absolute atomic E-state index is 4.58. The highest BCUT2D eigenvalue weighted by atomic mass is 32.1. The monoisotopic (exact) mass is 308 g/mol. The third-order valence-corrected chi connectivity index (χ3v) is 4.12. The highest BCUT2D eigenvalue weighted by Crippen LogP contribution is 2.38. The molecule has 2 aromatic carbocycles. The molecule has 1 heterocycles. The van der Waals surface area contributed by atoms with Crippen molar-refractivity contribution in [3.63, 3.8) is 0 Å². The molecule has 4 nitrogen and oxygen atoms in total. The zero-order valence-electron chi connectivity index (χ0n) is 12.4. The lowest BCUT2D eigenvalue weighted by atomic mass is 10.2. The molecule has 0 saturated carbocycles. The van der Waals surface area contributed by atoms with Crippen LogP contribution in [0.1, 0.15) is 5.56 Å². The van der Waals surface area contributed by atoms with Crippen molar-refractivity contribution in [2.75, 3.05) is 12.4 Å². The number of nitrogens with zero attached hydrogens (tertiary/aromatic N) is 3. The molecule has 3 rings (SSSR count). The van der Waals surface area contributed by atoms with E-state index in [2.05, 4.69) is 27.5 Å². The van der Waals surface area contributed by atoms with Crippen LogP contribution in [-0.4, -0.2) is 12.0 Å². The molecule has 0 atom stereocenters. The van der Waals surface area contributed by atoms with Crippen molar-refractivity contribution in [3.05, 3.63) is 60.2 Å². The Labute approximate surface area is 133 Å². The molecule has 0 aliphatic heterocycles. The molecule has 0 fully saturated rings. The molecule has 3 aromatic rings. The van der Waals surface area contributed by atoms with Gasteiger partial charge in [0.05, 0.1) is 5.69 Å². The number of anilines is 1. The van der Waals surface area contributed by atoms with Gasteiger partial charge < -0.3 is 5.32 Å². The highest BCUT2D eigenvalue weighted by molar-refractivity contribution is 7.19. The number of thiazole rings is 1. The largest absolute Gasteiger partial charge is 0.365 e. The minimum Gasteiger partial charge on any atom is -0.365 e. The normalized spacial score (nSPS) is 11.0. The molecule has 0 aliphatic rings. The zero-order chi connectivity index (χ0) is 15.4. The summed E-state index contributed by atoms with van der Waals surface area (Å²) in [5, 5.41) is 13.4. The Morgan fingerprint density at radius 1 is 0.955 bits per heavy atom. The molecule has 0 radical (unpaired) electrons. The lowest BCUT2D eigenvalue weighted by Gasteiger charge is -1.97. The average molecular weight is 308 g/mol. The summed E-state index contributed by atoms with van der Waals surface area (Å²) >= 11 is 1.49. The van der Waals surface area contributed by atoms with Crippen molar-refractivity contribution in [3.8, 4) is 11.3 Å². The molecular weight excluding hydrogens is 292 g/mol. The second-order valence-corrected chi connectivity index (χ2v) is 5.80. The molecule has 0 unspecified atom stereocenters. The molecule has 1 N–H and O–H groups in total. The van der Waals surface area contributed by atoms with Gasteiger partial charge in [-0.2, -0.15) is 0 Å². The first-order valence-electron chi connectivity index (χ1n) is 6.98. The summed E-state index contributed by atoms with van der Waals surface area (Å²) in [6.07, 6.45) is 0. The maximum atomic E-state index is 4.58. The summed E-state index contributed by atoms with van der Waals surface area (Å²) in [5.41, 5.74) is 3.94. The topological polar surface area (TPSA) is 49.6 Å². The van der Waals surface area contributed by atoms with E-state index in [1.54, 1.807) is 0 Å². The summed E-state index contributed by atoms with van der Waals surface area (Å²) in [7, 11) is 1.86. The van der Waals surface area contributed by atoms with Crippen LogP contribution < -0.4 is 5.32 Å². The van der Waals surface area contributed by atoms with Gasteiger partial charge in [0, 0.05) is 12.6 Å². The van der Waals surface area contributed by atoms with Crippen LogP contribution in [0, 0.1) is 6.92 Å². The zero-order valence-corrected chi connectivity index (χ0v) is 13.3. The number of nitrogens with one attached hydrogen (secondary N) is 1. The summed E-state index contributed by atoms with van der Waals surface area (Å²) < 4.78 is 0. The molecule has 0 spiro atoms. The second-order valence-electron chi connectivity index (χ2n) is 4.82. The Morgan fingerprint density at radius 2 is 1.68 bits per heavy atom. The van der Waals surface area contributed by atoms with Gasteiger partial charge in [0.15, 0.2) is 10.1 Å². The Bertz CT molecular complexity index is 776. The van der Waals surface area contributed by atoms with Crippen LogP contribution in [0.5, 0.6) is 0 Å². The molecule has 1 aromatic heterocycles. The van der Waals surface area contributed by atoms with Gasteiger partial charge in [0.1, 0.15) is 5.69 Å². The van der Waals surface area contributed by atoms with Gasteiger partial charge in [-0.1, -0.05) is 59.4 Å². The number of hydrogen-bond acceptors (Lipinski definition) is 5. The third kappa shape index (κ3) is 3.20. The number of aryl methyl sites for hydroxylation is 1. The van der Waals surface area contributed by atoms with E-state index in [0.29, 0.717) is 0 Å². The first kappa shape index (κ1) is 14.4. The maximum Gasteiger partial charge on any atom is 0.185 e. The minimum atomic E-state index is 0.802. The van der Waals surface area contributed by atoms with E-state index in [1.807, 2.05) is 61.6 Å². The van der Waals surface area contributed by atoms with Gasteiger partial charge >= 0.3 is 0 Å². The lowest BCUT2D eigenvalue weighted by molar-refractivity contribution is 1.24. The molecule has 0 aliphatic carbocycles. The first-order chi connectivity index (χ1) is 10.8. The standard InChI is InChI=1S/C17H16N4S/c1-12-8-10-14(11-9-12)20-21-16-15(19-17(18-2)22-16)13-6-4-3-5-7-13/h3-11H,1-2H3,(H,18,19). The van der Waals surface area contributed by atoms with Crippen molar-refractivity contribution >= 4 is 27.2 Å². The van der Waals surface area contributed by atoms with Gasteiger partial charge in [-0.25, -0.2) is 4.98 Å². The molecule has 22 heavy (non-hydrogen) atoms. The third-order valence-electron chi connectivity index (χ3n) is 3.16. The number of rotatable bonds is 4. The summed E-state index contributed by atoms with van der Waals surface area (Å²) in [6.45, 7) is 2.05. The Kier molecular flexibility index (Phi) is 4.25. The van der Waals surface area contributed by atoms with Crippen molar-refractivity contribution in [2.45, 2.75) is 6.92 Å². The van der Waals surface area contributed by atoms with Crippen LogP contribution in [-0.2, 0) is 0 Å². The van der Waals surface area contributed by atoms with Crippen LogP contribution >= 0.6 is 11.3 Å². The van der Waals surface area contributed by atoms with Crippen molar-refractivity contribution in [1.82, 2.24) is 4.98 Å². The Hall–Kier alpha value is -2.53. The quantitative estimate of drug-likeness (QED) is 0.640. The van der Waals surface area contributed by atoms with Crippen LogP contribution in [0.2, 0.25) is 0 Å². The predicted molar refractivity (Wildman–Crippen MR) is 92.5 cm³/mol. The number of hydrogen-bond donors (Lipinski definition) is 1. The van der Waals surface area contributed by atoms with Crippen LogP contribution in [0.25, 0.3) is 11.3 Å². The van der Waals surface area contributed by atoms with E-state index in [4.69, 9.17) is 0 Å². The summed E-state index contributed by atoms with van der Waals surface area (Å²) in [6, 6.07) is 18.0. The number of aromatic nitrogens is 1. The van der Waals surface area contributed by atoms with E-state index >= 15 is 0 Å². The number of azo groups is 1. The van der Waals surface area contributed by atoms with Crippen molar-refractivity contribution < 1.29 is 0 Å². The van der Waals surface area contributed by atoms with Gasteiger partial charge in [-0.3, -0.25) is 0 Å². The van der Waals surface area contributed by atoms with Crippen molar-refractivity contribution in [1.29, 1.82) is 0 Å². The van der Waals surface area contributed by atoms with Crippen LogP contribution in [0.3, 0.4) is 0 Å². The van der Waals surface area contributed by atoms with Gasteiger partial charge in [0.25, 0.3) is 0 Å². The summed E-state index contributed by atoms with van der Waals surface area (Å²) in [5.74, 6) is 0. The van der Waals surface area contributed by atoms with E-state index in [0.717, 1.165) is 27.1 Å². The molecule has 110 valence electrons. The Morgan fingerprint density at radius 3 is 2.36 bits per heavy atom. The van der Waals surface area contributed by atoms with Gasteiger partial charge in [-0.15, -0.1) is 10.2 Å². The fourth-order valence-corrected chi connectivity index (χ4v) is 2.75. The van der Waals surface area contributed by atoms with E-state index in [1.165, 1.54) is 16.9 Å². The molecule has 0 amide bonds. The Balaban J connectivity index is 1.96. The van der Waals surface area contributed by atoms with E-state index in [9.17, 15) is 0 Å². The fraction of sp³-hybridized carbons (Fsp3) is 0.118. The highest BCUT2D eigenvalue weighted by Gasteiger charge is 2.12. The second kappa shape index (κ2) is 6.49. The first-order valence-corrected chi connectivity index (χ1v) is 7.80. The fourth-order valence-electron chi connectivity index (χ4n) is 1.99. The van der Waals surface area contributed by atoms with Crippen LogP contribution in [0.15, 0.2) is 64.8 Å². The molecule has 0 bridgehead atoms. The SMILES string of the molecule is CNc1nc(-c2ccccc2)c(N=Nc2ccc(C)cc2)s1. The summed E-state index contributed by atoms with van der Waals surface area (Å²) in [4.78, 5) is 4.58. The van der Waals surface area contributed by atoms with Gasteiger partial charge in [-0.05, 0) is 19.1 Å². The average Bonchev–Trinajstić information content (AvgIpc) is 2.98. The van der Waals surface area contributed by atoms with Crippen molar-refractivity contribution in [2.24, 2.45) is 10.2 Å².